The average molecular weight is 444 g/mol. The number of halogens is 3. The van der Waals surface area contributed by atoms with Crippen LogP contribution in [0.3, 0.4) is 0 Å². The smallest absolute Gasteiger partial charge is 0.302 e. The van der Waals surface area contributed by atoms with Crippen LogP contribution in [0.4, 0.5) is 11.5 Å². The summed E-state index contributed by atoms with van der Waals surface area (Å²) in [5.74, 6) is -0.759. The van der Waals surface area contributed by atoms with Crippen LogP contribution in [0.2, 0.25) is 15.1 Å². The number of carbonyl (C=O) groups excluding carboxylic acids is 1. The molecule has 0 spiro atoms. The van der Waals surface area contributed by atoms with E-state index >= 15 is 0 Å². The molecule has 0 aliphatic heterocycles. The maximum atomic E-state index is 12.5. The van der Waals surface area contributed by atoms with E-state index < -0.39 is 10.8 Å². The van der Waals surface area contributed by atoms with Crippen molar-refractivity contribution in [1.29, 1.82) is 0 Å². The summed E-state index contributed by atoms with van der Waals surface area (Å²) < 4.78 is 2.70. The number of benzene rings is 1. The van der Waals surface area contributed by atoms with Crippen molar-refractivity contribution in [3.63, 3.8) is 0 Å². The number of rotatable bonds is 5. The summed E-state index contributed by atoms with van der Waals surface area (Å²) in [5, 5.41) is 22.9. The molecule has 28 heavy (non-hydrogen) atoms. The molecule has 146 valence electrons. The van der Waals surface area contributed by atoms with Gasteiger partial charge in [0.25, 0.3) is 5.91 Å². The Morgan fingerprint density at radius 2 is 1.86 bits per heavy atom. The molecule has 1 aromatic carbocycles. The molecule has 12 heteroatoms. The van der Waals surface area contributed by atoms with Crippen molar-refractivity contribution in [2.24, 2.45) is 7.05 Å². The van der Waals surface area contributed by atoms with Crippen LogP contribution in [0.25, 0.3) is 0 Å². The van der Waals surface area contributed by atoms with Crippen molar-refractivity contribution >= 4 is 52.2 Å². The number of nitrogens with zero attached hydrogens (tertiary/aromatic N) is 5. The fraction of sp³-hybridized carbons (Fsp3) is 0.188. The van der Waals surface area contributed by atoms with E-state index in [0.717, 1.165) is 0 Å². The van der Waals surface area contributed by atoms with Gasteiger partial charge in [-0.3, -0.25) is 24.3 Å². The highest BCUT2D eigenvalue weighted by atomic mass is 35.5. The summed E-state index contributed by atoms with van der Waals surface area (Å²) in [6.45, 7) is 1.72. The molecule has 0 saturated heterocycles. The molecule has 0 fully saturated rings. The van der Waals surface area contributed by atoms with Crippen molar-refractivity contribution in [3.05, 3.63) is 66.5 Å². The molecule has 0 unspecified atom stereocenters. The van der Waals surface area contributed by atoms with Crippen molar-refractivity contribution in [1.82, 2.24) is 19.6 Å². The number of aryl methyl sites for hydroxylation is 1. The molecule has 0 saturated carbocycles. The maximum absolute atomic E-state index is 12.5. The summed E-state index contributed by atoms with van der Waals surface area (Å²) >= 11 is 18.4. The van der Waals surface area contributed by atoms with Gasteiger partial charge in [0.15, 0.2) is 5.82 Å². The molecular weight excluding hydrogens is 431 g/mol. The van der Waals surface area contributed by atoms with Crippen molar-refractivity contribution in [2.75, 3.05) is 5.32 Å². The predicted molar refractivity (Wildman–Crippen MR) is 105 cm³/mol. The van der Waals surface area contributed by atoms with Crippen LogP contribution in [-0.2, 0) is 13.6 Å². The first-order chi connectivity index (χ1) is 13.2. The average Bonchev–Trinajstić information content (AvgIpc) is 3.11. The van der Waals surface area contributed by atoms with E-state index in [2.05, 4.69) is 15.5 Å². The van der Waals surface area contributed by atoms with Crippen molar-refractivity contribution < 1.29 is 9.72 Å². The van der Waals surface area contributed by atoms with Crippen LogP contribution in [0.1, 0.15) is 21.7 Å². The third-order valence-corrected chi connectivity index (χ3v) is 5.02. The van der Waals surface area contributed by atoms with E-state index in [1.807, 2.05) is 0 Å². The molecule has 0 atom stereocenters. The Balaban J connectivity index is 1.86. The molecule has 0 aliphatic rings. The van der Waals surface area contributed by atoms with Gasteiger partial charge in [0.2, 0.25) is 5.69 Å². The van der Waals surface area contributed by atoms with Crippen LogP contribution < -0.4 is 5.32 Å². The Kier molecular flexibility index (Phi) is 5.59. The van der Waals surface area contributed by atoms with Crippen LogP contribution in [0.5, 0.6) is 0 Å². The summed E-state index contributed by atoms with van der Waals surface area (Å²) in [6, 6.07) is 5.11. The van der Waals surface area contributed by atoms with Gasteiger partial charge in [0.1, 0.15) is 10.7 Å². The first-order valence-corrected chi connectivity index (χ1v) is 8.97. The molecule has 2 aromatic heterocycles. The number of nitrogens with one attached hydrogen (secondary N) is 1. The van der Waals surface area contributed by atoms with E-state index in [9.17, 15) is 14.9 Å². The number of hydrogen-bond acceptors (Lipinski definition) is 5. The van der Waals surface area contributed by atoms with E-state index in [-0.39, 0.29) is 34.5 Å². The molecule has 9 nitrogen and oxygen atoms in total. The fourth-order valence-electron chi connectivity index (χ4n) is 2.54. The molecule has 0 aliphatic carbocycles. The number of anilines is 1. The van der Waals surface area contributed by atoms with Gasteiger partial charge in [0, 0.05) is 28.9 Å². The normalized spacial score (nSPS) is 10.9. The Hall–Kier alpha value is -2.62. The van der Waals surface area contributed by atoms with E-state index in [1.165, 1.54) is 29.5 Å². The summed E-state index contributed by atoms with van der Waals surface area (Å²) in [6.07, 6.45) is 1.48. The highest BCUT2D eigenvalue weighted by molar-refractivity contribution is 6.36. The summed E-state index contributed by atoms with van der Waals surface area (Å²) in [7, 11) is 1.51. The SMILES string of the molecule is Cc1c([N+](=O)[O-])c(C(=O)Nc2nn(Cc3c(Cl)cccc3Cl)cc2Cl)nn1C. The van der Waals surface area contributed by atoms with Gasteiger partial charge in [-0.05, 0) is 19.1 Å². The second-order valence-corrected chi connectivity index (χ2v) is 7.06. The number of aromatic nitrogens is 4. The third-order valence-electron chi connectivity index (χ3n) is 4.03. The summed E-state index contributed by atoms with van der Waals surface area (Å²) in [4.78, 5) is 23.1. The number of hydrogen-bond donors (Lipinski definition) is 1. The topological polar surface area (TPSA) is 108 Å². The molecule has 1 N–H and O–H groups in total. The standard InChI is InChI=1S/C16H13Cl3N6O3/c1-8-14(25(27)28)13(21-23(8)2)16(26)20-15-12(19)7-24(22-15)6-9-10(17)4-3-5-11(9)18/h3-5,7H,6H2,1-2H3,(H,20,22,26). The number of nitro groups is 1. The van der Waals surface area contributed by atoms with E-state index in [0.29, 0.717) is 15.6 Å². The quantitative estimate of drug-likeness (QED) is 0.472. The molecule has 3 aromatic rings. The van der Waals surface area contributed by atoms with Gasteiger partial charge in [0.05, 0.1) is 11.5 Å². The maximum Gasteiger partial charge on any atom is 0.322 e. The molecule has 1 amide bonds. The second kappa shape index (κ2) is 7.78. The Bertz CT molecular complexity index is 1070. The lowest BCUT2D eigenvalue weighted by Gasteiger charge is -2.06. The Labute approximate surface area is 173 Å². The van der Waals surface area contributed by atoms with Gasteiger partial charge < -0.3 is 5.32 Å². The zero-order chi connectivity index (χ0) is 20.6. The number of carbonyl (C=O) groups is 1. The summed E-state index contributed by atoms with van der Waals surface area (Å²) in [5.41, 5.74) is 0.183. The molecule has 3 rings (SSSR count). The van der Waals surface area contributed by atoms with Gasteiger partial charge in [-0.25, -0.2) is 0 Å². The monoisotopic (exact) mass is 442 g/mol. The Morgan fingerprint density at radius 1 is 1.21 bits per heavy atom. The lowest BCUT2D eigenvalue weighted by molar-refractivity contribution is -0.385. The minimum atomic E-state index is -0.793. The largest absolute Gasteiger partial charge is 0.322 e. The number of amides is 1. The van der Waals surface area contributed by atoms with Crippen molar-refractivity contribution in [2.45, 2.75) is 13.5 Å². The van der Waals surface area contributed by atoms with Crippen LogP contribution in [0.15, 0.2) is 24.4 Å². The second-order valence-electron chi connectivity index (χ2n) is 5.84. The lowest BCUT2D eigenvalue weighted by Crippen LogP contribution is -2.15. The van der Waals surface area contributed by atoms with Gasteiger partial charge in [-0.1, -0.05) is 40.9 Å². The van der Waals surface area contributed by atoms with Gasteiger partial charge in [-0.2, -0.15) is 10.2 Å². The van der Waals surface area contributed by atoms with Crippen LogP contribution in [0, 0.1) is 17.0 Å². The minimum Gasteiger partial charge on any atom is -0.302 e. The van der Waals surface area contributed by atoms with Gasteiger partial charge >= 0.3 is 5.69 Å². The third kappa shape index (κ3) is 3.82. The predicted octanol–water partition coefficient (Wildman–Crippen LogP) is 4.09. The molecule has 0 radical (unpaired) electrons. The fourth-order valence-corrected chi connectivity index (χ4v) is 3.26. The zero-order valence-corrected chi connectivity index (χ0v) is 16.9. The highest BCUT2D eigenvalue weighted by Crippen LogP contribution is 2.28. The molecule has 0 bridgehead atoms. The molecule has 2 heterocycles. The first-order valence-electron chi connectivity index (χ1n) is 7.84. The zero-order valence-electron chi connectivity index (χ0n) is 14.6. The van der Waals surface area contributed by atoms with Crippen molar-refractivity contribution in [3.8, 4) is 0 Å². The van der Waals surface area contributed by atoms with E-state index in [4.69, 9.17) is 34.8 Å². The van der Waals surface area contributed by atoms with E-state index in [1.54, 1.807) is 18.2 Å². The van der Waals surface area contributed by atoms with Crippen LogP contribution >= 0.6 is 34.8 Å². The minimum absolute atomic E-state index is 0.0347. The lowest BCUT2D eigenvalue weighted by atomic mass is 10.2. The van der Waals surface area contributed by atoms with Gasteiger partial charge in [-0.15, -0.1) is 0 Å². The highest BCUT2D eigenvalue weighted by Gasteiger charge is 2.29. The first kappa shape index (κ1) is 20.1. The van der Waals surface area contributed by atoms with Crippen LogP contribution in [-0.4, -0.2) is 30.4 Å². The molecular formula is C16H13Cl3N6O3. The Morgan fingerprint density at radius 3 is 2.46 bits per heavy atom.